The van der Waals surface area contributed by atoms with Crippen molar-refractivity contribution in [3.63, 3.8) is 0 Å². The van der Waals surface area contributed by atoms with E-state index in [2.05, 4.69) is 119 Å². The summed E-state index contributed by atoms with van der Waals surface area (Å²) in [5, 5.41) is 10.6. The molecule has 0 aromatic carbocycles. The lowest BCUT2D eigenvalue weighted by Crippen LogP contribution is -2.30. The second-order valence-corrected chi connectivity index (χ2v) is 28.8. The molecule has 0 aromatic heterocycles. The molecule has 100 heavy (non-hydrogen) atoms. The molecule has 0 rings (SSSR count). The lowest BCUT2D eigenvalue weighted by molar-refractivity contribution is -0.161. The van der Waals surface area contributed by atoms with Crippen LogP contribution in [0.2, 0.25) is 0 Å². The molecule has 17 nitrogen and oxygen atoms in total. The molecule has 0 aliphatic rings. The van der Waals surface area contributed by atoms with E-state index in [-0.39, 0.29) is 25.7 Å². The molecule has 3 N–H and O–H groups in total. The van der Waals surface area contributed by atoms with Crippen LogP contribution in [0.5, 0.6) is 0 Å². The maximum absolute atomic E-state index is 13.1. The number of allylic oxidation sites excluding steroid dienone is 18. The van der Waals surface area contributed by atoms with Crippen LogP contribution in [0.1, 0.15) is 323 Å². The number of aliphatic hydroxyl groups excluding tert-OH is 1. The SMILES string of the molecule is CC/C=C\C/C=C\C/C=C\C/C=C\C/C=C\C/C=C\CCC(=O)OCC(COP(=O)(O)OCC(O)COP(=O)(O)OCC(COC(=O)CCCCCCC/C=C\C/C=C\CCC)OC(=O)CCCCCCC/C=C\CCCCCC)OC(=O)CCCCCCCCCCCCCCCCC. The van der Waals surface area contributed by atoms with E-state index in [1.165, 1.54) is 89.9 Å². The zero-order chi connectivity index (χ0) is 73.2. The molecule has 0 amide bonds. The van der Waals surface area contributed by atoms with Crippen molar-refractivity contribution in [3.8, 4) is 0 Å². The van der Waals surface area contributed by atoms with Crippen LogP contribution in [-0.4, -0.2) is 96.7 Å². The van der Waals surface area contributed by atoms with Crippen LogP contribution in [0.25, 0.3) is 0 Å². The van der Waals surface area contributed by atoms with Crippen molar-refractivity contribution >= 4 is 39.5 Å². The molecular weight excluding hydrogens is 1310 g/mol. The predicted octanol–water partition coefficient (Wildman–Crippen LogP) is 22.6. The Morgan fingerprint density at radius 2 is 0.560 bits per heavy atom. The van der Waals surface area contributed by atoms with Gasteiger partial charge < -0.3 is 33.8 Å². The van der Waals surface area contributed by atoms with Crippen LogP contribution in [-0.2, 0) is 65.4 Å². The molecule has 0 radical (unpaired) electrons. The number of hydrogen-bond donors (Lipinski definition) is 3. The molecule has 19 heteroatoms. The number of carbonyl (C=O) groups excluding carboxylic acids is 4. The van der Waals surface area contributed by atoms with Gasteiger partial charge in [-0.05, 0) is 116 Å². The number of ether oxygens (including phenoxy) is 4. The normalized spacial score (nSPS) is 14.5. The molecule has 0 aromatic rings. The number of phosphoric acid groups is 2. The third-order valence-corrected chi connectivity index (χ3v) is 18.1. The largest absolute Gasteiger partial charge is 0.472 e. The van der Waals surface area contributed by atoms with E-state index in [0.717, 1.165) is 148 Å². The second kappa shape index (κ2) is 73.0. The molecule has 5 atom stereocenters. The number of phosphoric ester groups is 2. The Labute approximate surface area is 607 Å². The highest BCUT2D eigenvalue weighted by Gasteiger charge is 2.30. The van der Waals surface area contributed by atoms with Crippen molar-refractivity contribution in [1.29, 1.82) is 0 Å². The van der Waals surface area contributed by atoms with E-state index < -0.39 is 97.5 Å². The van der Waals surface area contributed by atoms with E-state index in [0.29, 0.717) is 32.1 Å². The zero-order valence-corrected chi connectivity index (χ0v) is 64.6. The predicted molar refractivity (Wildman–Crippen MR) is 408 cm³/mol. The molecule has 576 valence electrons. The number of esters is 4. The summed E-state index contributed by atoms with van der Waals surface area (Å²) in [4.78, 5) is 72.9. The number of rotatable bonds is 73. The average molecular weight is 1450 g/mol. The molecule has 0 heterocycles. The first kappa shape index (κ1) is 95.7. The minimum absolute atomic E-state index is 0.0369. The average Bonchev–Trinajstić information content (AvgIpc) is 0.946. The molecule has 0 bridgehead atoms. The number of hydrogen-bond acceptors (Lipinski definition) is 15. The van der Waals surface area contributed by atoms with E-state index in [1.54, 1.807) is 0 Å². The molecule has 0 saturated heterocycles. The smallest absolute Gasteiger partial charge is 0.462 e. The minimum atomic E-state index is -4.99. The van der Waals surface area contributed by atoms with Crippen molar-refractivity contribution < 1.29 is 80.2 Å². The van der Waals surface area contributed by atoms with Gasteiger partial charge >= 0.3 is 39.5 Å². The van der Waals surface area contributed by atoms with Crippen LogP contribution < -0.4 is 0 Å². The highest BCUT2D eigenvalue weighted by atomic mass is 31.2. The fourth-order valence-corrected chi connectivity index (χ4v) is 11.9. The molecule has 0 aliphatic carbocycles. The summed E-state index contributed by atoms with van der Waals surface area (Å²) >= 11 is 0. The maximum atomic E-state index is 13.1. The first-order valence-corrected chi connectivity index (χ1v) is 42.1. The summed E-state index contributed by atoms with van der Waals surface area (Å²) in [6, 6.07) is 0. The third kappa shape index (κ3) is 72.1. The van der Waals surface area contributed by atoms with Crippen molar-refractivity contribution in [1.82, 2.24) is 0 Å². The van der Waals surface area contributed by atoms with Gasteiger partial charge in [0.25, 0.3) is 0 Å². The second-order valence-electron chi connectivity index (χ2n) is 25.9. The Morgan fingerprint density at radius 3 is 0.920 bits per heavy atom. The molecule has 0 spiro atoms. The van der Waals surface area contributed by atoms with Gasteiger partial charge in [0.15, 0.2) is 12.2 Å². The molecular formula is C81H140O17P2. The standard InChI is InChI=1S/C81H140O17P2/c1-5-9-13-17-21-25-29-33-35-36-37-38-40-43-46-50-54-58-62-66-79(84)92-72-77(98-81(86)68-64-60-56-52-48-44-39-34-30-26-22-18-14-10-6-2)74-96-100(89,90)94-70-75(82)69-93-99(87,88)95-73-76(97-80(85)67-63-59-55-51-47-42-32-28-24-20-16-12-8-4)71-91-78(83)65-61-57-53-49-45-41-31-27-23-19-15-11-7-3/h9,13,15,19,21,25,27-28,31-33,35,37-38,43,46,54,58,75-77,82H,5-8,10-12,14,16-18,20,22-24,26,29-30,34,36,39-42,44-45,47-53,55-57,59-74H2,1-4H3,(H,87,88)(H,89,90)/b13-9-,19-15-,25-21-,31-27-,32-28-,35-33-,38-37-,46-43-,58-54-. The first-order chi connectivity index (χ1) is 48.7. The van der Waals surface area contributed by atoms with Gasteiger partial charge in [0.2, 0.25) is 0 Å². The summed E-state index contributed by atoms with van der Waals surface area (Å²) < 4.78 is 68.4. The fourth-order valence-electron chi connectivity index (χ4n) is 10.3. The van der Waals surface area contributed by atoms with Crippen molar-refractivity contribution in [2.75, 3.05) is 39.6 Å². The summed E-state index contributed by atoms with van der Waals surface area (Å²) in [6.07, 6.45) is 78.0. The van der Waals surface area contributed by atoms with Crippen LogP contribution in [0, 0.1) is 0 Å². The summed E-state index contributed by atoms with van der Waals surface area (Å²) in [5.74, 6) is -2.28. The van der Waals surface area contributed by atoms with E-state index in [4.69, 9.17) is 37.0 Å². The van der Waals surface area contributed by atoms with Gasteiger partial charge in [-0.2, -0.15) is 0 Å². The minimum Gasteiger partial charge on any atom is -0.462 e. The van der Waals surface area contributed by atoms with Gasteiger partial charge in [-0.3, -0.25) is 37.3 Å². The molecule has 5 unspecified atom stereocenters. The lowest BCUT2D eigenvalue weighted by Gasteiger charge is -2.21. The molecule has 0 saturated carbocycles. The van der Waals surface area contributed by atoms with Crippen LogP contribution in [0.4, 0.5) is 0 Å². The van der Waals surface area contributed by atoms with Crippen LogP contribution >= 0.6 is 15.6 Å². The Hall–Kier alpha value is -4.28. The van der Waals surface area contributed by atoms with Gasteiger partial charge in [0.1, 0.15) is 19.3 Å². The number of carbonyl (C=O) groups is 4. The summed E-state index contributed by atoms with van der Waals surface area (Å²) in [5.41, 5.74) is 0. The highest BCUT2D eigenvalue weighted by Crippen LogP contribution is 2.45. The molecule has 0 aliphatic heterocycles. The third-order valence-electron chi connectivity index (χ3n) is 16.2. The Kier molecular flexibility index (Phi) is 69.9. The van der Waals surface area contributed by atoms with Gasteiger partial charge in [-0.1, -0.05) is 291 Å². The van der Waals surface area contributed by atoms with Gasteiger partial charge in [-0.15, -0.1) is 0 Å². The quantitative estimate of drug-likeness (QED) is 0.0169. The lowest BCUT2D eigenvalue weighted by atomic mass is 10.0. The zero-order valence-electron chi connectivity index (χ0n) is 62.8. The number of aliphatic hydroxyl groups is 1. The van der Waals surface area contributed by atoms with Gasteiger partial charge in [0, 0.05) is 25.7 Å². The number of unbranched alkanes of at least 4 members (excludes halogenated alkanes) is 29. The van der Waals surface area contributed by atoms with Crippen LogP contribution in [0.3, 0.4) is 0 Å². The van der Waals surface area contributed by atoms with E-state index in [1.807, 2.05) is 18.2 Å². The fraction of sp³-hybridized carbons (Fsp3) is 0.728. The van der Waals surface area contributed by atoms with Crippen molar-refractivity contribution in [2.45, 2.75) is 341 Å². The van der Waals surface area contributed by atoms with Crippen LogP contribution in [0.15, 0.2) is 109 Å². The molecule has 0 fully saturated rings. The monoisotopic (exact) mass is 1450 g/mol. The van der Waals surface area contributed by atoms with E-state index >= 15 is 0 Å². The van der Waals surface area contributed by atoms with Crippen molar-refractivity contribution in [2.24, 2.45) is 0 Å². The topological polar surface area (TPSA) is 237 Å². The Bertz CT molecular complexity index is 2320. The first-order valence-electron chi connectivity index (χ1n) is 39.1. The Balaban J connectivity index is 5.41. The van der Waals surface area contributed by atoms with Crippen molar-refractivity contribution in [3.05, 3.63) is 109 Å². The van der Waals surface area contributed by atoms with E-state index in [9.17, 15) is 43.2 Å². The maximum Gasteiger partial charge on any atom is 0.472 e. The Morgan fingerprint density at radius 1 is 0.290 bits per heavy atom. The van der Waals surface area contributed by atoms with Gasteiger partial charge in [0.05, 0.1) is 26.4 Å². The summed E-state index contributed by atoms with van der Waals surface area (Å²) in [7, 11) is -9.97. The summed E-state index contributed by atoms with van der Waals surface area (Å²) in [6.45, 7) is 4.60. The van der Waals surface area contributed by atoms with Gasteiger partial charge in [-0.25, -0.2) is 9.13 Å². The highest BCUT2D eigenvalue weighted by molar-refractivity contribution is 7.47.